The van der Waals surface area contributed by atoms with Crippen molar-refractivity contribution in [1.82, 2.24) is 0 Å². The minimum absolute atomic E-state index is 0.0154. The molecule has 0 N–H and O–H groups in total. The summed E-state index contributed by atoms with van der Waals surface area (Å²) < 4.78 is 36.6. The lowest BCUT2D eigenvalue weighted by molar-refractivity contribution is -0.179. The molecule has 0 spiro atoms. The highest BCUT2D eigenvalue weighted by atomic mass is 35.5. The van der Waals surface area contributed by atoms with Crippen LogP contribution in [-0.4, -0.2) is 11.4 Å². The van der Waals surface area contributed by atoms with Gasteiger partial charge in [0.25, 0.3) is 0 Å². The maximum atomic E-state index is 12.2. The van der Waals surface area contributed by atoms with Crippen LogP contribution >= 0.6 is 11.6 Å². The van der Waals surface area contributed by atoms with Gasteiger partial charge < -0.3 is 0 Å². The molecule has 0 aromatic carbocycles. The smallest absolute Gasteiger partial charge is 0.281 e. The van der Waals surface area contributed by atoms with Crippen LogP contribution in [0.2, 0.25) is 0 Å². The molecule has 0 heterocycles. The number of carbonyl (C=O) groups is 1. The topological polar surface area (TPSA) is 17.1 Å². The van der Waals surface area contributed by atoms with Gasteiger partial charge >= 0.3 is 6.18 Å². The van der Waals surface area contributed by atoms with E-state index in [0.29, 0.717) is 12.8 Å². The fourth-order valence-corrected chi connectivity index (χ4v) is 1.21. The Hall–Kier alpha value is -0.250. The zero-order valence-corrected chi connectivity index (χ0v) is 8.08. The van der Waals surface area contributed by atoms with Gasteiger partial charge in [0.05, 0.1) is 5.92 Å². The Kier molecular flexibility index (Phi) is 5.37. The Morgan fingerprint density at radius 1 is 1.46 bits per heavy atom. The molecular weight excluding hydrogens is 205 g/mol. The molecule has 0 aromatic rings. The van der Waals surface area contributed by atoms with Crippen LogP contribution < -0.4 is 0 Å². The highest BCUT2D eigenvalue weighted by molar-refractivity contribution is 6.63. The van der Waals surface area contributed by atoms with Crippen LogP contribution in [0.4, 0.5) is 13.2 Å². The van der Waals surface area contributed by atoms with E-state index in [-0.39, 0.29) is 6.42 Å². The van der Waals surface area contributed by atoms with E-state index in [1.165, 1.54) is 0 Å². The first kappa shape index (κ1) is 12.8. The summed E-state index contributed by atoms with van der Waals surface area (Å²) in [5.74, 6) is -1.57. The fourth-order valence-electron chi connectivity index (χ4n) is 1.03. The monoisotopic (exact) mass is 216 g/mol. The summed E-state index contributed by atoms with van der Waals surface area (Å²) >= 11 is 4.92. The summed E-state index contributed by atoms with van der Waals surface area (Å²) in [4.78, 5) is 10.3. The number of halogens is 4. The van der Waals surface area contributed by atoms with E-state index in [1.807, 2.05) is 0 Å². The standard InChI is InChI=1S/C8H12ClF3O/c1-2-3-4-6(5-7(9)13)8(10,11)12/h6H,2-5H2,1H3. The molecule has 0 amide bonds. The number of rotatable bonds is 5. The largest absolute Gasteiger partial charge is 0.392 e. The maximum absolute atomic E-state index is 12.2. The quantitative estimate of drug-likeness (QED) is 0.643. The lowest BCUT2D eigenvalue weighted by atomic mass is 9.99. The summed E-state index contributed by atoms with van der Waals surface area (Å²) in [6.07, 6.45) is -3.78. The summed E-state index contributed by atoms with van der Waals surface area (Å²) in [5.41, 5.74) is 0. The zero-order chi connectivity index (χ0) is 10.5. The van der Waals surface area contributed by atoms with Crippen molar-refractivity contribution in [3.05, 3.63) is 0 Å². The van der Waals surface area contributed by atoms with E-state index in [9.17, 15) is 18.0 Å². The third-order valence-corrected chi connectivity index (χ3v) is 1.93. The van der Waals surface area contributed by atoms with E-state index in [2.05, 4.69) is 0 Å². The van der Waals surface area contributed by atoms with Crippen LogP contribution in [0.25, 0.3) is 0 Å². The molecule has 1 atom stereocenters. The average molecular weight is 217 g/mol. The van der Waals surface area contributed by atoms with Crippen molar-refractivity contribution in [2.75, 3.05) is 0 Å². The number of hydrogen-bond donors (Lipinski definition) is 0. The third kappa shape index (κ3) is 5.91. The fraction of sp³-hybridized carbons (Fsp3) is 0.875. The Balaban J connectivity index is 4.11. The molecule has 0 bridgehead atoms. The Bertz CT molecular complexity index is 167. The highest BCUT2D eigenvalue weighted by Crippen LogP contribution is 2.33. The number of hydrogen-bond acceptors (Lipinski definition) is 1. The van der Waals surface area contributed by atoms with Crippen LogP contribution in [-0.2, 0) is 4.79 Å². The van der Waals surface area contributed by atoms with Crippen molar-refractivity contribution in [3.63, 3.8) is 0 Å². The predicted octanol–water partition coefficient (Wildman–Crippen LogP) is 3.51. The number of unbranched alkanes of at least 4 members (excludes halogenated alkanes) is 1. The molecule has 0 aliphatic rings. The van der Waals surface area contributed by atoms with Crippen molar-refractivity contribution in [2.45, 2.75) is 38.8 Å². The maximum Gasteiger partial charge on any atom is 0.392 e. The number of alkyl halides is 3. The van der Waals surface area contributed by atoms with Crippen molar-refractivity contribution in [3.8, 4) is 0 Å². The first-order chi connectivity index (χ1) is 5.88. The molecular formula is C8H12ClF3O. The second kappa shape index (κ2) is 5.47. The molecule has 5 heteroatoms. The van der Waals surface area contributed by atoms with E-state index in [1.54, 1.807) is 6.92 Å². The molecule has 0 aliphatic carbocycles. The van der Waals surface area contributed by atoms with Gasteiger partial charge in [-0.15, -0.1) is 0 Å². The second-order valence-electron chi connectivity index (χ2n) is 2.94. The Morgan fingerprint density at radius 3 is 2.31 bits per heavy atom. The van der Waals surface area contributed by atoms with Gasteiger partial charge in [-0.3, -0.25) is 4.79 Å². The average Bonchev–Trinajstić information content (AvgIpc) is 1.95. The van der Waals surface area contributed by atoms with Crippen molar-refractivity contribution >= 4 is 16.8 Å². The molecule has 0 rings (SSSR count). The summed E-state index contributed by atoms with van der Waals surface area (Å²) in [6.45, 7) is 1.80. The van der Waals surface area contributed by atoms with Crippen molar-refractivity contribution in [2.24, 2.45) is 5.92 Å². The Labute approximate surface area is 80.3 Å². The van der Waals surface area contributed by atoms with Gasteiger partial charge in [-0.1, -0.05) is 19.8 Å². The summed E-state index contributed by atoms with van der Waals surface area (Å²) in [6, 6.07) is 0. The minimum atomic E-state index is -4.31. The normalized spacial score (nSPS) is 14.2. The Morgan fingerprint density at radius 2 is 2.00 bits per heavy atom. The lowest BCUT2D eigenvalue weighted by Crippen LogP contribution is -2.24. The molecule has 1 nitrogen and oxygen atoms in total. The van der Waals surface area contributed by atoms with Crippen LogP contribution in [0.5, 0.6) is 0 Å². The van der Waals surface area contributed by atoms with E-state index in [0.717, 1.165) is 0 Å². The van der Waals surface area contributed by atoms with Gasteiger partial charge in [0, 0.05) is 6.42 Å². The van der Waals surface area contributed by atoms with Gasteiger partial charge in [0.2, 0.25) is 5.24 Å². The van der Waals surface area contributed by atoms with Crippen LogP contribution in [0.15, 0.2) is 0 Å². The summed E-state index contributed by atoms with van der Waals surface area (Å²) in [5, 5.41) is -0.918. The molecule has 0 saturated heterocycles. The van der Waals surface area contributed by atoms with Crippen LogP contribution in [0.3, 0.4) is 0 Å². The van der Waals surface area contributed by atoms with E-state index in [4.69, 9.17) is 11.6 Å². The second-order valence-corrected chi connectivity index (χ2v) is 3.36. The van der Waals surface area contributed by atoms with Crippen LogP contribution in [0, 0.1) is 5.92 Å². The molecule has 0 radical (unpaired) electrons. The van der Waals surface area contributed by atoms with Gasteiger partial charge in [0.15, 0.2) is 0 Å². The molecule has 1 unspecified atom stereocenters. The first-order valence-electron chi connectivity index (χ1n) is 4.13. The molecule has 0 saturated carbocycles. The van der Waals surface area contributed by atoms with Gasteiger partial charge in [-0.25, -0.2) is 0 Å². The van der Waals surface area contributed by atoms with E-state index < -0.39 is 23.8 Å². The number of carbonyl (C=O) groups excluding carboxylic acids is 1. The van der Waals surface area contributed by atoms with Crippen molar-refractivity contribution in [1.29, 1.82) is 0 Å². The zero-order valence-electron chi connectivity index (χ0n) is 7.33. The molecule has 0 aromatic heterocycles. The molecule has 13 heavy (non-hydrogen) atoms. The van der Waals surface area contributed by atoms with Crippen LogP contribution in [0.1, 0.15) is 32.6 Å². The van der Waals surface area contributed by atoms with Gasteiger partial charge in [-0.2, -0.15) is 13.2 Å². The SMILES string of the molecule is CCCCC(CC(=O)Cl)C(F)(F)F. The lowest BCUT2D eigenvalue weighted by Gasteiger charge is -2.17. The first-order valence-corrected chi connectivity index (χ1v) is 4.50. The highest BCUT2D eigenvalue weighted by Gasteiger charge is 2.39. The van der Waals surface area contributed by atoms with Crippen molar-refractivity contribution < 1.29 is 18.0 Å². The minimum Gasteiger partial charge on any atom is -0.281 e. The molecule has 0 fully saturated rings. The van der Waals surface area contributed by atoms with Gasteiger partial charge in [0.1, 0.15) is 0 Å². The van der Waals surface area contributed by atoms with E-state index >= 15 is 0 Å². The third-order valence-electron chi connectivity index (χ3n) is 1.78. The summed E-state index contributed by atoms with van der Waals surface area (Å²) in [7, 11) is 0. The molecule has 78 valence electrons. The van der Waals surface area contributed by atoms with Gasteiger partial charge in [-0.05, 0) is 18.0 Å². The molecule has 0 aliphatic heterocycles. The predicted molar refractivity (Wildman–Crippen MR) is 44.5 cm³/mol.